The van der Waals surface area contributed by atoms with Crippen LogP contribution in [0.4, 0.5) is 22.0 Å². The molecule has 0 aliphatic heterocycles. The van der Waals surface area contributed by atoms with Crippen LogP contribution in [0.2, 0.25) is 0 Å². The third-order valence-electron chi connectivity index (χ3n) is 2.72. The number of rotatable bonds is 1. The summed E-state index contributed by atoms with van der Waals surface area (Å²) in [5.41, 5.74) is -0.768. The van der Waals surface area contributed by atoms with Crippen molar-refractivity contribution < 1.29 is 26.4 Å². The minimum atomic E-state index is -2.22. The first-order valence-corrected chi connectivity index (χ1v) is 5.38. The zero-order valence-electron chi connectivity index (χ0n) is 9.55. The Morgan fingerprint density at radius 3 is 1.90 bits per heavy atom. The minimum Gasteiger partial charge on any atom is -0.436 e. The van der Waals surface area contributed by atoms with Gasteiger partial charge in [0.25, 0.3) is 0 Å². The van der Waals surface area contributed by atoms with Crippen molar-refractivity contribution in [2.75, 3.05) is 0 Å². The molecule has 20 heavy (non-hydrogen) atoms. The van der Waals surface area contributed by atoms with Crippen molar-refractivity contribution >= 4 is 11.1 Å². The smallest absolute Gasteiger partial charge is 0.233 e. The Morgan fingerprint density at radius 1 is 0.750 bits per heavy atom. The number of fused-ring (bicyclic) bond motifs is 1. The predicted octanol–water partition coefficient (Wildman–Crippen LogP) is 4.19. The number of halogens is 5. The first-order chi connectivity index (χ1) is 9.50. The van der Waals surface area contributed by atoms with E-state index >= 15 is 0 Å². The molecule has 1 aromatic heterocycles. The van der Waals surface area contributed by atoms with Crippen molar-refractivity contribution in [2.24, 2.45) is 0 Å². The number of para-hydroxylation sites is 2. The van der Waals surface area contributed by atoms with Crippen molar-refractivity contribution in [3.05, 3.63) is 53.4 Å². The summed E-state index contributed by atoms with van der Waals surface area (Å²) in [4.78, 5) is 3.71. The summed E-state index contributed by atoms with van der Waals surface area (Å²) < 4.78 is 71.4. The van der Waals surface area contributed by atoms with Crippen molar-refractivity contribution in [3.8, 4) is 11.5 Å². The molecule has 0 amide bonds. The van der Waals surface area contributed by atoms with Gasteiger partial charge in [-0.15, -0.1) is 0 Å². The minimum absolute atomic E-state index is 0.173. The molecule has 0 fully saturated rings. The molecule has 2 nitrogen and oxygen atoms in total. The summed E-state index contributed by atoms with van der Waals surface area (Å²) in [5, 5.41) is 0. The van der Waals surface area contributed by atoms with Crippen LogP contribution in [-0.2, 0) is 0 Å². The first kappa shape index (κ1) is 12.6. The molecule has 7 heteroatoms. The lowest BCUT2D eigenvalue weighted by atomic mass is 10.1. The normalized spacial score (nSPS) is 11.2. The highest BCUT2D eigenvalue weighted by Crippen LogP contribution is 2.32. The highest BCUT2D eigenvalue weighted by molar-refractivity contribution is 5.76. The van der Waals surface area contributed by atoms with E-state index in [0.717, 1.165) is 0 Å². The second kappa shape index (κ2) is 4.29. The van der Waals surface area contributed by atoms with E-state index in [-0.39, 0.29) is 11.1 Å². The van der Waals surface area contributed by atoms with Crippen LogP contribution in [0.25, 0.3) is 22.6 Å². The first-order valence-electron chi connectivity index (χ1n) is 5.38. The van der Waals surface area contributed by atoms with Gasteiger partial charge >= 0.3 is 0 Å². The summed E-state index contributed by atoms with van der Waals surface area (Å²) >= 11 is 0. The second-order valence-electron chi connectivity index (χ2n) is 3.93. The maximum atomic E-state index is 13.6. The molecule has 0 aliphatic carbocycles. The van der Waals surface area contributed by atoms with Gasteiger partial charge in [-0.25, -0.2) is 26.9 Å². The van der Waals surface area contributed by atoms with Gasteiger partial charge in [-0.2, -0.15) is 0 Å². The van der Waals surface area contributed by atoms with Gasteiger partial charge in [0.05, 0.1) is 0 Å². The van der Waals surface area contributed by atoms with E-state index in [4.69, 9.17) is 4.42 Å². The third kappa shape index (κ3) is 1.66. The average molecular weight is 285 g/mol. The average Bonchev–Trinajstić information content (AvgIpc) is 2.86. The molecule has 3 rings (SSSR count). The fourth-order valence-corrected chi connectivity index (χ4v) is 1.77. The van der Waals surface area contributed by atoms with Crippen molar-refractivity contribution in [1.29, 1.82) is 0 Å². The largest absolute Gasteiger partial charge is 0.436 e. The van der Waals surface area contributed by atoms with E-state index < -0.39 is 40.5 Å². The van der Waals surface area contributed by atoms with Gasteiger partial charge in [0.15, 0.2) is 28.9 Å². The van der Waals surface area contributed by atoms with E-state index in [1.54, 1.807) is 12.1 Å². The Labute approximate surface area is 108 Å². The molecule has 102 valence electrons. The van der Waals surface area contributed by atoms with Gasteiger partial charge in [0.1, 0.15) is 11.1 Å². The molecule has 0 spiro atoms. The molecule has 0 radical (unpaired) electrons. The van der Waals surface area contributed by atoms with Crippen molar-refractivity contribution in [2.45, 2.75) is 0 Å². The Balaban J connectivity index is 2.34. The number of aromatic nitrogens is 1. The van der Waals surface area contributed by atoms with Gasteiger partial charge in [-0.1, -0.05) is 12.1 Å². The predicted molar refractivity (Wildman–Crippen MR) is 59.2 cm³/mol. The van der Waals surface area contributed by atoms with Crippen molar-refractivity contribution in [1.82, 2.24) is 4.98 Å². The molecule has 0 unspecified atom stereocenters. The number of hydrogen-bond acceptors (Lipinski definition) is 2. The Morgan fingerprint density at radius 2 is 1.30 bits per heavy atom. The van der Waals surface area contributed by atoms with E-state index in [2.05, 4.69) is 4.98 Å². The molecule has 0 saturated heterocycles. The Kier molecular flexibility index (Phi) is 2.70. The fourth-order valence-electron chi connectivity index (χ4n) is 1.77. The van der Waals surface area contributed by atoms with E-state index in [0.29, 0.717) is 0 Å². The lowest BCUT2D eigenvalue weighted by molar-refractivity contribution is 0.379. The monoisotopic (exact) mass is 285 g/mol. The van der Waals surface area contributed by atoms with Crippen LogP contribution in [0.3, 0.4) is 0 Å². The summed E-state index contributed by atoms with van der Waals surface area (Å²) in [6, 6.07) is 6.11. The number of hydrogen-bond donors (Lipinski definition) is 0. The van der Waals surface area contributed by atoms with E-state index in [1.807, 2.05) is 0 Å². The second-order valence-corrected chi connectivity index (χ2v) is 3.93. The topological polar surface area (TPSA) is 26.0 Å². The fraction of sp³-hybridized carbons (Fsp3) is 0. The highest BCUT2D eigenvalue weighted by atomic mass is 19.2. The van der Waals surface area contributed by atoms with Crippen LogP contribution in [0.15, 0.2) is 28.7 Å². The summed E-state index contributed by atoms with van der Waals surface area (Å²) in [7, 11) is 0. The summed E-state index contributed by atoms with van der Waals surface area (Å²) in [6.45, 7) is 0. The third-order valence-corrected chi connectivity index (χ3v) is 2.72. The van der Waals surface area contributed by atoms with Gasteiger partial charge in [-0.3, -0.25) is 0 Å². The molecule has 0 atom stereocenters. The summed E-state index contributed by atoms with van der Waals surface area (Å²) in [6.07, 6.45) is 0. The lowest BCUT2D eigenvalue weighted by Gasteiger charge is -2.04. The maximum Gasteiger partial charge on any atom is 0.233 e. The maximum absolute atomic E-state index is 13.6. The van der Waals surface area contributed by atoms with Crippen molar-refractivity contribution in [3.63, 3.8) is 0 Å². The zero-order chi connectivity index (χ0) is 14.4. The van der Waals surface area contributed by atoms with Crippen LogP contribution < -0.4 is 0 Å². The molecule has 3 aromatic rings. The van der Waals surface area contributed by atoms with Gasteiger partial charge in [-0.05, 0) is 12.1 Å². The molecule has 2 aromatic carbocycles. The molecule has 0 saturated carbocycles. The molecule has 0 bridgehead atoms. The van der Waals surface area contributed by atoms with Crippen LogP contribution in [-0.4, -0.2) is 4.98 Å². The van der Waals surface area contributed by atoms with E-state index in [9.17, 15) is 22.0 Å². The highest BCUT2D eigenvalue weighted by Gasteiger charge is 2.29. The zero-order valence-corrected chi connectivity index (χ0v) is 9.55. The quantitative estimate of drug-likeness (QED) is 0.380. The molecule has 0 aliphatic rings. The van der Waals surface area contributed by atoms with Gasteiger partial charge in [0, 0.05) is 0 Å². The molecular weight excluding hydrogens is 281 g/mol. The molecule has 0 N–H and O–H groups in total. The SMILES string of the molecule is Fc1c(F)c(F)c(-c2nc3ccccc3o2)c(F)c1F. The van der Waals surface area contributed by atoms with Gasteiger partial charge < -0.3 is 4.42 Å². The lowest BCUT2D eigenvalue weighted by Crippen LogP contribution is -2.04. The molecule has 1 heterocycles. The van der Waals surface area contributed by atoms with Crippen LogP contribution in [0.5, 0.6) is 0 Å². The number of oxazole rings is 1. The Bertz CT molecular complexity index is 765. The van der Waals surface area contributed by atoms with Crippen LogP contribution in [0, 0.1) is 29.1 Å². The Hall–Kier alpha value is -2.44. The van der Waals surface area contributed by atoms with E-state index in [1.165, 1.54) is 12.1 Å². The van der Waals surface area contributed by atoms with Gasteiger partial charge in [0.2, 0.25) is 11.7 Å². The van der Waals surface area contributed by atoms with Crippen LogP contribution >= 0.6 is 0 Å². The molecular formula is C13H4F5NO. The standard InChI is InChI=1S/C13H4F5NO/c14-8-7(9(15)11(17)12(18)10(8)16)13-19-5-3-1-2-4-6(5)20-13/h1-4H. The number of benzene rings is 2. The number of nitrogens with zero attached hydrogens (tertiary/aromatic N) is 1. The summed E-state index contributed by atoms with van der Waals surface area (Å²) in [5.74, 6) is -10.9. The van der Waals surface area contributed by atoms with Crippen LogP contribution in [0.1, 0.15) is 0 Å².